The van der Waals surface area contributed by atoms with Crippen LogP contribution in [-0.2, 0) is 6.54 Å². The second kappa shape index (κ2) is 6.77. The van der Waals surface area contributed by atoms with Gasteiger partial charge in [-0.25, -0.2) is 4.79 Å². The summed E-state index contributed by atoms with van der Waals surface area (Å²) in [6.45, 7) is 7.87. The number of benzene rings is 1. The molecule has 0 unspecified atom stereocenters. The number of hydrogen-bond donors (Lipinski definition) is 1. The maximum Gasteiger partial charge on any atom is 0.317 e. The Bertz CT molecular complexity index is 659. The van der Waals surface area contributed by atoms with Crippen molar-refractivity contribution in [3.8, 4) is 0 Å². The molecule has 1 aliphatic rings. The monoisotopic (exact) mass is 313 g/mol. The predicted molar refractivity (Wildman–Crippen MR) is 90.6 cm³/mol. The van der Waals surface area contributed by atoms with Crippen LogP contribution in [0.1, 0.15) is 16.9 Å². The van der Waals surface area contributed by atoms with Gasteiger partial charge in [0.25, 0.3) is 0 Å². The third-order valence-electron chi connectivity index (χ3n) is 4.25. The molecule has 0 aliphatic carbocycles. The molecule has 3 rings (SSSR count). The SMILES string of the molecule is Cc1ccc(N2CCN(C(=O)NCc3ccco3)CC2)c(C)c1. The van der Waals surface area contributed by atoms with Gasteiger partial charge in [0.1, 0.15) is 5.76 Å². The van der Waals surface area contributed by atoms with Crippen molar-refractivity contribution in [3.05, 3.63) is 53.5 Å². The Kier molecular flexibility index (Phi) is 4.55. The van der Waals surface area contributed by atoms with Crippen LogP contribution in [0.5, 0.6) is 0 Å². The zero-order valence-corrected chi connectivity index (χ0v) is 13.7. The average molecular weight is 313 g/mol. The molecule has 2 amide bonds. The summed E-state index contributed by atoms with van der Waals surface area (Å²) in [4.78, 5) is 16.4. The highest BCUT2D eigenvalue weighted by atomic mass is 16.3. The second-order valence-electron chi connectivity index (χ2n) is 6.00. The molecular formula is C18H23N3O2. The summed E-state index contributed by atoms with van der Waals surface area (Å²) in [5.41, 5.74) is 3.84. The highest BCUT2D eigenvalue weighted by Crippen LogP contribution is 2.22. The van der Waals surface area contributed by atoms with Crippen molar-refractivity contribution < 1.29 is 9.21 Å². The number of urea groups is 1. The lowest BCUT2D eigenvalue weighted by Gasteiger charge is -2.36. The first kappa shape index (κ1) is 15.5. The minimum Gasteiger partial charge on any atom is -0.467 e. The average Bonchev–Trinajstić information content (AvgIpc) is 3.06. The van der Waals surface area contributed by atoms with Crippen LogP contribution in [-0.4, -0.2) is 37.1 Å². The highest BCUT2D eigenvalue weighted by Gasteiger charge is 2.22. The third-order valence-corrected chi connectivity index (χ3v) is 4.25. The minimum absolute atomic E-state index is 0.0262. The molecule has 122 valence electrons. The molecule has 1 aromatic heterocycles. The first-order valence-electron chi connectivity index (χ1n) is 8.01. The molecule has 1 N–H and O–H groups in total. The molecule has 1 fully saturated rings. The van der Waals surface area contributed by atoms with Crippen molar-refractivity contribution in [2.75, 3.05) is 31.1 Å². The van der Waals surface area contributed by atoms with E-state index in [9.17, 15) is 4.79 Å². The Morgan fingerprint density at radius 1 is 1.17 bits per heavy atom. The summed E-state index contributed by atoms with van der Waals surface area (Å²) in [5, 5.41) is 2.90. The summed E-state index contributed by atoms with van der Waals surface area (Å²) in [6.07, 6.45) is 1.62. The quantitative estimate of drug-likeness (QED) is 0.948. The Labute approximate surface area is 136 Å². The molecule has 2 heterocycles. The number of amides is 2. The third kappa shape index (κ3) is 3.67. The van der Waals surface area contributed by atoms with Gasteiger partial charge in [0.05, 0.1) is 12.8 Å². The summed E-state index contributed by atoms with van der Waals surface area (Å²) in [7, 11) is 0. The Morgan fingerprint density at radius 3 is 2.61 bits per heavy atom. The van der Waals surface area contributed by atoms with Crippen molar-refractivity contribution in [1.82, 2.24) is 10.2 Å². The van der Waals surface area contributed by atoms with Crippen molar-refractivity contribution in [1.29, 1.82) is 0 Å². The van der Waals surface area contributed by atoms with Crippen LogP contribution >= 0.6 is 0 Å². The number of aryl methyl sites for hydroxylation is 2. The number of rotatable bonds is 3. The molecule has 0 bridgehead atoms. The smallest absolute Gasteiger partial charge is 0.317 e. The zero-order chi connectivity index (χ0) is 16.2. The van der Waals surface area contributed by atoms with E-state index >= 15 is 0 Å². The topological polar surface area (TPSA) is 48.7 Å². The molecule has 23 heavy (non-hydrogen) atoms. The summed E-state index contributed by atoms with van der Waals surface area (Å²) >= 11 is 0. The van der Waals surface area contributed by atoms with E-state index in [2.05, 4.69) is 42.3 Å². The summed E-state index contributed by atoms with van der Waals surface area (Å²) < 4.78 is 5.23. The summed E-state index contributed by atoms with van der Waals surface area (Å²) in [6, 6.07) is 10.2. The van der Waals surface area contributed by atoms with Crippen LogP contribution in [0.25, 0.3) is 0 Å². The van der Waals surface area contributed by atoms with Gasteiger partial charge < -0.3 is 19.5 Å². The number of hydrogen-bond acceptors (Lipinski definition) is 3. The van der Waals surface area contributed by atoms with Crippen LogP contribution in [0.3, 0.4) is 0 Å². The van der Waals surface area contributed by atoms with Crippen molar-refractivity contribution in [2.24, 2.45) is 0 Å². The number of carbonyl (C=O) groups excluding carboxylic acids is 1. The number of carbonyl (C=O) groups is 1. The van der Waals surface area contributed by atoms with Gasteiger partial charge in [0.15, 0.2) is 0 Å². The van der Waals surface area contributed by atoms with Gasteiger partial charge >= 0.3 is 6.03 Å². The Hall–Kier alpha value is -2.43. The number of nitrogens with one attached hydrogen (secondary N) is 1. The fraction of sp³-hybridized carbons (Fsp3) is 0.389. The molecule has 1 saturated heterocycles. The fourth-order valence-corrected chi connectivity index (χ4v) is 3.00. The molecule has 0 atom stereocenters. The van der Waals surface area contributed by atoms with Crippen molar-refractivity contribution >= 4 is 11.7 Å². The highest BCUT2D eigenvalue weighted by molar-refractivity contribution is 5.74. The van der Waals surface area contributed by atoms with E-state index in [1.807, 2.05) is 17.0 Å². The van der Waals surface area contributed by atoms with E-state index in [-0.39, 0.29) is 6.03 Å². The lowest BCUT2D eigenvalue weighted by Crippen LogP contribution is -2.51. The molecule has 5 heteroatoms. The lowest BCUT2D eigenvalue weighted by molar-refractivity contribution is 0.193. The molecule has 1 aliphatic heterocycles. The van der Waals surface area contributed by atoms with Gasteiger partial charge in [0.2, 0.25) is 0 Å². The van der Waals surface area contributed by atoms with Gasteiger partial charge in [-0.3, -0.25) is 0 Å². The minimum atomic E-state index is -0.0262. The molecule has 0 spiro atoms. The van der Waals surface area contributed by atoms with E-state index in [1.54, 1.807) is 6.26 Å². The number of piperazine rings is 1. The zero-order valence-electron chi connectivity index (χ0n) is 13.7. The first-order valence-corrected chi connectivity index (χ1v) is 8.01. The largest absolute Gasteiger partial charge is 0.467 e. The van der Waals surface area contributed by atoms with E-state index < -0.39 is 0 Å². The van der Waals surface area contributed by atoms with Gasteiger partial charge in [-0.1, -0.05) is 17.7 Å². The molecule has 0 radical (unpaired) electrons. The number of nitrogens with zero attached hydrogens (tertiary/aromatic N) is 2. The van der Waals surface area contributed by atoms with E-state index in [0.29, 0.717) is 6.54 Å². The van der Waals surface area contributed by atoms with Crippen molar-refractivity contribution in [2.45, 2.75) is 20.4 Å². The fourth-order valence-electron chi connectivity index (χ4n) is 3.00. The molecule has 1 aromatic carbocycles. The first-order chi connectivity index (χ1) is 11.1. The standard InChI is InChI=1S/C18H23N3O2/c1-14-5-6-17(15(2)12-14)20-7-9-21(10-8-20)18(22)19-13-16-4-3-11-23-16/h3-6,11-12H,7-10,13H2,1-2H3,(H,19,22). The lowest BCUT2D eigenvalue weighted by atomic mass is 10.1. The van der Waals surface area contributed by atoms with Crippen LogP contribution in [0.4, 0.5) is 10.5 Å². The van der Waals surface area contributed by atoms with Gasteiger partial charge in [-0.15, -0.1) is 0 Å². The van der Waals surface area contributed by atoms with Gasteiger partial charge in [-0.2, -0.15) is 0 Å². The molecule has 2 aromatic rings. The molecular weight excluding hydrogens is 290 g/mol. The van der Waals surface area contributed by atoms with Crippen LogP contribution < -0.4 is 10.2 Å². The Morgan fingerprint density at radius 2 is 1.96 bits per heavy atom. The maximum atomic E-state index is 12.2. The van der Waals surface area contributed by atoms with E-state index in [1.165, 1.54) is 16.8 Å². The molecule has 0 saturated carbocycles. The maximum absolute atomic E-state index is 12.2. The van der Waals surface area contributed by atoms with Gasteiger partial charge in [-0.05, 0) is 37.6 Å². The molecule has 5 nitrogen and oxygen atoms in total. The van der Waals surface area contributed by atoms with Gasteiger partial charge in [0, 0.05) is 31.9 Å². The predicted octanol–water partition coefficient (Wildman–Crippen LogP) is 2.93. The summed E-state index contributed by atoms with van der Waals surface area (Å²) in [5.74, 6) is 0.771. The normalized spacial score (nSPS) is 14.9. The van der Waals surface area contributed by atoms with E-state index in [0.717, 1.165) is 31.9 Å². The second-order valence-corrected chi connectivity index (χ2v) is 6.00. The van der Waals surface area contributed by atoms with Crippen LogP contribution in [0.15, 0.2) is 41.0 Å². The Balaban J connectivity index is 1.52. The van der Waals surface area contributed by atoms with Crippen molar-refractivity contribution in [3.63, 3.8) is 0 Å². The van der Waals surface area contributed by atoms with Crippen LogP contribution in [0, 0.1) is 13.8 Å². The van der Waals surface area contributed by atoms with Crippen LogP contribution in [0.2, 0.25) is 0 Å². The number of anilines is 1. The number of furan rings is 1. The van der Waals surface area contributed by atoms with E-state index in [4.69, 9.17) is 4.42 Å².